The predicted molar refractivity (Wildman–Crippen MR) is 114 cm³/mol. The molecule has 2 fully saturated rings. The molecule has 2 aliphatic heterocycles. The van der Waals surface area contributed by atoms with Gasteiger partial charge in [0.05, 0.1) is 19.5 Å². The lowest BCUT2D eigenvalue weighted by Gasteiger charge is -2.43. The summed E-state index contributed by atoms with van der Waals surface area (Å²) >= 11 is 2.05. The van der Waals surface area contributed by atoms with E-state index in [1.807, 2.05) is 12.1 Å². The van der Waals surface area contributed by atoms with Crippen molar-refractivity contribution in [2.45, 2.75) is 25.4 Å². The van der Waals surface area contributed by atoms with Crippen molar-refractivity contribution in [1.29, 1.82) is 0 Å². The fourth-order valence-electron chi connectivity index (χ4n) is 3.28. The largest absolute Gasteiger partial charge is 0.467 e. The number of hydrogen-bond donors (Lipinski definition) is 2. The molecule has 8 heteroatoms. The number of guanidine groups is 1. The van der Waals surface area contributed by atoms with Gasteiger partial charge in [0.25, 0.3) is 0 Å². The summed E-state index contributed by atoms with van der Waals surface area (Å²) in [7, 11) is 0. The summed E-state index contributed by atoms with van der Waals surface area (Å²) in [5.41, 5.74) is 0.218. The van der Waals surface area contributed by atoms with Crippen molar-refractivity contribution in [3.8, 4) is 0 Å². The van der Waals surface area contributed by atoms with Crippen molar-refractivity contribution in [2.24, 2.45) is 4.99 Å². The van der Waals surface area contributed by atoms with Crippen LogP contribution in [0.4, 0.5) is 0 Å². The van der Waals surface area contributed by atoms with Crippen LogP contribution in [0.5, 0.6) is 0 Å². The number of furan rings is 1. The zero-order chi connectivity index (χ0) is 16.7. The molecular weight excluding hydrogens is 451 g/mol. The van der Waals surface area contributed by atoms with Crippen LogP contribution in [0.1, 0.15) is 19.1 Å². The van der Waals surface area contributed by atoms with E-state index < -0.39 is 0 Å². The standard InChI is InChI=1S/C17H28N4O2S.HI/c1-2-18-16(19-12-15-4-3-8-23-15)20-13-17(5-11-24-14-17)21-6-9-22-10-7-21;/h3-4,8H,2,5-7,9-14H2,1H3,(H2,18,19,20);1H. The Morgan fingerprint density at radius 3 is 2.84 bits per heavy atom. The topological polar surface area (TPSA) is 62.0 Å². The number of nitrogens with one attached hydrogen (secondary N) is 2. The minimum absolute atomic E-state index is 0. The molecule has 0 bridgehead atoms. The lowest BCUT2D eigenvalue weighted by Crippen LogP contribution is -2.60. The molecule has 0 saturated carbocycles. The summed E-state index contributed by atoms with van der Waals surface area (Å²) in [5, 5.41) is 6.90. The first kappa shape index (κ1) is 20.9. The Balaban J connectivity index is 0.00000225. The van der Waals surface area contributed by atoms with Crippen LogP contribution in [0.3, 0.4) is 0 Å². The van der Waals surface area contributed by atoms with Crippen molar-refractivity contribution in [3.05, 3.63) is 24.2 Å². The van der Waals surface area contributed by atoms with E-state index in [2.05, 4.69) is 39.2 Å². The number of ether oxygens (including phenoxy) is 1. The molecule has 0 radical (unpaired) electrons. The van der Waals surface area contributed by atoms with Crippen LogP contribution in [0.25, 0.3) is 0 Å². The minimum Gasteiger partial charge on any atom is -0.467 e. The monoisotopic (exact) mass is 480 g/mol. The molecule has 0 spiro atoms. The normalized spacial score (nSPS) is 24.8. The second-order valence-electron chi connectivity index (χ2n) is 6.25. The van der Waals surface area contributed by atoms with Gasteiger partial charge in [-0.25, -0.2) is 4.99 Å². The van der Waals surface area contributed by atoms with Gasteiger partial charge in [-0.05, 0) is 31.2 Å². The molecule has 2 aliphatic rings. The number of hydrogen-bond acceptors (Lipinski definition) is 5. The van der Waals surface area contributed by atoms with E-state index >= 15 is 0 Å². The molecule has 1 atom stereocenters. The molecular formula is C17H29IN4O2S. The van der Waals surface area contributed by atoms with E-state index in [1.165, 1.54) is 17.9 Å². The van der Waals surface area contributed by atoms with Gasteiger partial charge in [0.1, 0.15) is 12.3 Å². The van der Waals surface area contributed by atoms with Gasteiger partial charge in [0.15, 0.2) is 5.96 Å². The van der Waals surface area contributed by atoms with Crippen LogP contribution in [0, 0.1) is 0 Å². The van der Waals surface area contributed by atoms with Crippen LogP contribution in [-0.2, 0) is 11.3 Å². The Labute approximate surface area is 171 Å². The van der Waals surface area contributed by atoms with Crippen molar-refractivity contribution in [3.63, 3.8) is 0 Å². The SMILES string of the molecule is CCNC(=NCc1ccco1)NCC1(N2CCOCC2)CCSC1.I. The van der Waals surface area contributed by atoms with Crippen LogP contribution < -0.4 is 10.6 Å². The third kappa shape index (κ3) is 5.77. The Hall–Kier alpha value is -0.450. The van der Waals surface area contributed by atoms with Gasteiger partial charge in [0, 0.05) is 37.5 Å². The lowest BCUT2D eigenvalue weighted by molar-refractivity contribution is -0.0120. The summed E-state index contributed by atoms with van der Waals surface area (Å²) in [6.45, 7) is 8.17. The van der Waals surface area contributed by atoms with E-state index in [-0.39, 0.29) is 29.5 Å². The quantitative estimate of drug-likeness (QED) is 0.370. The molecule has 3 rings (SSSR count). The van der Waals surface area contributed by atoms with Gasteiger partial charge in [-0.2, -0.15) is 11.8 Å². The Kier molecular flexibility index (Phi) is 8.88. The summed E-state index contributed by atoms with van der Waals surface area (Å²) in [4.78, 5) is 7.25. The minimum atomic E-state index is 0. The molecule has 1 aromatic heterocycles. The van der Waals surface area contributed by atoms with E-state index in [0.29, 0.717) is 6.54 Å². The number of nitrogens with zero attached hydrogens (tertiary/aromatic N) is 2. The second kappa shape index (κ2) is 10.6. The predicted octanol–water partition coefficient (Wildman–Crippen LogP) is 2.16. The summed E-state index contributed by atoms with van der Waals surface area (Å²) in [6, 6.07) is 3.85. The molecule has 142 valence electrons. The van der Waals surface area contributed by atoms with Gasteiger partial charge >= 0.3 is 0 Å². The molecule has 0 aromatic carbocycles. The number of thioether (sulfide) groups is 1. The smallest absolute Gasteiger partial charge is 0.191 e. The Morgan fingerprint density at radius 1 is 1.36 bits per heavy atom. The van der Waals surface area contributed by atoms with Gasteiger partial charge < -0.3 is 19.8 Å². The summed E-state index contributed by atoms with van der Waals surface area (Å²) in [5.74, 6) is 4.15. The first-order chi connectivity index (χ1) is 11.8. The summed E-state index contributed by atoms with van der Waals surface area (Å²) in [6.07, 6.45) is 2.91. The molecule has 25 heavy (non-hydrogen) atoms. The molecule has 6 nitrogen and oxygen atoms in total. The lowest BCUT2D eigenvalue weighted by atomic mass is 9.95. The third-order valence-electron chi connectivity index (χ3n) is 4.67. The zero-order valence-electron chi connectivity index (χ0n) is 14.8. The first-order valence-corrected chi connectivity index (χ1v) is 9.93. The van der Waals surface area contributed by atoms with Gasteiger partial charge in [-0.15, -0.1) is 24.0 Å². The van der Waals surface area contributed by atoms with Crippen LogP contribution in [0.2, 0.25) is 0 Å². The first-order valence-electron chi connectivity index (χ1n) is 8.77. The highest BCUT2D eigenvalue weighted by Gasteiger charge is 2.40. The van der Waals surface area contributed by atoms with Crippen molar-refractivity contribution in [2.75, 3.05) is 50.9 Å². The molecule has 1 aromatic rings. The number of rotatable bonds is 6. The van der Waals surface area contributed by atoms with Gasteiger partial charge in [-0.3, -0.25) is 4.90 Å². The average molecular weight is 480 g/mol. The van der Waals surface area contributed by atoms with E-state index in [9.17, 15) is 0 Å². The summed E-state index contributed by atoms with van der Waals surface area (Å²) < 4.78 is 10.9. The van der Waals surface area contributed by atoms with E-state index in [1.54, 1.807) is 6.26 Å². The number of aliphatic imine (C=N–C) groups is 1. The molecule has 2 saturated heterocycles. The fraction of sp³-hybridized carbons (Fsp3) is 0.706. The second-order valence-corrected chi connectivity index (χ2v) is 7.36. The van der Waals surface area contributed by atoms with E-state index in [0.717, 1.165) is 51.1 Å². The maximum absolute atomic E-state index is 5.53. The van der Waals surface area contributed by atoms with Gasteiger partial charge in [-0.1, -0.05) is 0 Å². The van der Waals surface area contributed by atoms with E-state index in [4.69, 9.17) is 9.15 Å². The third-order valence-corrected chi connectivity index (χ3v) is 5.90. The molecule has 0 aliphatic carbocycles. The Bertz CT molecular complexity index is 515. The molecule has 2 N–H and O–H groups in total. The highest BCUT2D eigenvalue weighted by molar-refractivity contribution is 14.0. The Morgan fingerprint density at radius 2 is 2.20 bits per heavy atom. The van der Waals surface area contributed by atoms with Crippen LogP contribution in [-0.4, -0.2) is 67.3 Å². The zero-order valence-corrected chi connectivity index (χ0v) is 18.0. The average Bonchev–Trinajstić information content (AvgIpc) is 3.31. The molecule has 0 amide bonds. The van der Waals surface area contributed by atoms with Gasteiger partial charge in [0.2, 0.25) is 0 Å². The molecule has 3 heterocycles. The highest BCUT2D eigenvalue weighted by Crippen LogP contribution is 2.33. The fourth-order valence-corrected chi connectivity index (χ4v) is 4.76. The van der Waals surface area contributed by atoms with Crippen LogP contribution in [0.15, 0.2) is 27.8 Å². The van der Waals surface area contributed by atoms with Crippen molar-refractivity contribution in [1.82, 2.24) is 15.5 Å². The maximum atomic E-state index is 5.53. The highest BCUT2D eigenvalue weighted by atomic mass is 127. The van der Waals surface area contributed by atoms with Crippen LogP contribution >= 0.6 is 35.7 Å². The van der Waals surface area contributed by atoms with Crippen molar-refractivity contribution < 1.29 is 9.15 Å². The van der Waals surface area contributed by atoms with Crippen molar-refractivity contribution >= 4 is 41.7 Å². The number of morpholine rings is 1. The number of halogens is 1. The molecule has 1 unspecified atom stereocenters. The maximum Gasteiger partial charge on any atom is 0.191 e.